The van der Waals surface area contributed by atoms with E-state index in [-0.39, 0.29) is 11.7 Å². The number of aliphatic carboxylic acids is 1. The molecule has 0 unspecified atom stereocenters. The number of fused-ring (bicyclic) bond motifs is 1. The second kappa shape index (κ2) is 7.83. The van der Waals surface area contributed by atoms with Crippen LogP contribution in [0.1, 0.15) is 41.9 Å². The van der Waals surface area contributed by atoms with E-state index in [9.17, 15) is 9.59 Å². The number of anilines is 1. The number of carbonyl (C=O) groups excluding carboxylic acids is 1. The summed E-state index contributed by atoms with van der Waals surface area (Å²) in [5, 5.41) is 11.6. The molecule has 8 nitrogen and oxygen atoms in total. The van der Waals surface area contributed by atoms with Crippen molar-refractivity contribution in [3.8, 4) is 11.5 Å². The van der Waals surface area contributed by atoms with Gasteiger partial charge in [0.05, 0.1) is 6.61 Å². The number of nitrogens with one attached hydrogen (secondary N) is 1. The fraction of sp³-hybridized carbons (Fsp3) is 0.286. The largest absolute Gasteiger partial charge is 0.490 e. The van der Waals surface area contributed by atoms with E-state index in [0.717, 1.165) is 18.7 Å². The van der Waals surface area contributed by atoms with E-state index in [4.69, 9.17) is 19.0 Å². The predicted octanol–water partition coefficient (Wildman–Crippen LogP) is 3.82. The van der Waals surface area contributed by atoms with Gasteiger partial charge < -0.3 is 24.3 Å². The topological polar surface area (TPSA) is 111 Å². The summed E-state index contributed by atoms with van der Waals surface area (Å²) in [6.45, 7) is 1.64. The molecule has 2 aromatic carbocycles. The first-order valence-corrected chi connectivity index (χ1v) is 9.36. The molecule has 1 aliphatic carbocycles. The number of carbonyl (C=O) groups is 2. The standard InChI is InChI=1S/C21H20N2O6/c1-2-27-18-9-13(5-7-17(18)28-11-19(24)25)20(26)22-14-6-8-16-15(10-14)23-21(29-16)12-3-4-12/h5-10,12H,2-4,11H2,1H3,(H,22,26)(H,24,25). The average Bonchev–Trinajstić information content (AvgIpc) is 3.46. The van der Waals surface area contributed by atoms with Crippen LogP contribution in [0.5, 0.6) is 11.5 Å². The van der Waals surface area contributed by atoms with E-state index < -0.39 is 12.6 Å². The Morgan fingerprint density at radius 2 is 2.00 bits per heavy atom. The number of carboxylic acid groups (broad SMARTS) is 1. The number of hydrogen-bond acceptors (Lipinski definition) is 6. The summed E-state index contributed by atoms with van der Waals surface area (Å²) < 4.78 is 16.4. The Kier molecular flexibility index (Phi) is 5.07. The van der Waals surface area contributed by atoms with Crippen LogP contribution in [-0.4, -0.2) is 35.2 Å². The first-order valence-electron chi connectivity index (χ1n) is 9.36. The molecule has 4 rings (SSSR count). The van der Waals surface area contributed by atoms with Gasteiger partial charge >= 0.3 is 5.97 Å². The van der Waals surface area contributed by atoms with Gasteiger partial charge in [-0.2, -0.15) is 0 Å². The molecule has 0 bridgehead atoms. The summed E-state index contributed by atoms with van der Waals surface area (Å²) in [6, 6.07) is 9.92. The van der Waals surface area contributed by atoms with Gasteiger partial charge in [0.2, 0.25) is 0 Å². The SMILES string of the molecule is CCOc1cc(C(=O)Nc2ccc3oc(C4CC4)nc3c2)ccc1OCC(=O)O. The van der Waals surface area contributed by atoms with Crippen molar-refractivity contribution in [2.75, 3.05) is 18.5 Å². The number of nitrogens with zero attached hydrogens (tertiary/aromatic N) is 1. The maximum atomic E-state index is 12.7. The highest BCUT2D eigenvalue weighted by molar-refractivity contribution is 6.05. The van der Waals surface area contributed by atoms with Crippen LogP contribution in [0.4, 0.5) is 5.69 Å². The van der Waals surface area contributed by atoms with E-state index in [2.05, 4.69) is 10.3 Å². The van der Waals surface area contributed by atoms with Gasteiger partial charge in [-0.3, -0.25) is 4.79 Å². The summed E-state index contributed by atoms with van der Waals surface area (Å²) in [5.41, 5.74) is 2.36. The smallest absolute Gasteiger partial charge is 0.341 e. The van der Waals surface area contributed by atoms with E-state index in [1.807, 2.05) is 0 Å². The molecule has 8 heteroatoms. The highest BCUT2D eigenvalue weighted by Gasteiger charge is 2.28. The van der Waals surface area contributed by atoms with Gasteiger partial charge in [-0.25, -0.2) is 9.78 Å². The van der Waals surface area contributed by atoms with Gasteiger partial charge in [0.1, 0.15) is 5.52 Å². The van der Waals surface area contributed by atoms with E-state index in [0.29, 0.717) is 40.6 Å². The molecular formula is C21H20N2O6. The van der Waals surface area contributed by atoms with E-state index in [1.165, 1.54) is 12.1 Å². The minimum Gasteiger partial charge on any atom is -0.490 e. The number of amides is 1. The zero-order valence-corrected chi connectivity index (χ0v) is 15.8. The number of hydrogen-bond donors (Lipinski definition) is 2. The molecule has 29 heavy (non-hydrogen) atoms. The van der Waals surface area contributed by atoms with Crippen molar-refractivity contribution in [2.45, 2.75) is 25.7 Å². The fourth-order valence-corrected chi connectivity index (χ4v) is 2.91. The zero-order chi connectivity index (χ0) is 20.4. The third-order valence-electron chi connectivity index (χ3n) is 4.45. The van der Waals surface area contributed by atoms with Crippen LogP contribution in [-0.2, 0) is 4.79 Å². The van der Waals surface area contributed by atoms with Crippen molar-refractivity contribution in [3.63, 3.8) is 0 Å². The average molecular weight is 396 g/mol. The van der Waals surface area contributed by atoms with Crippen LogP contribution in [0.3, 0.4) is 0 Å². The van der Waals surface area contributed by atoms with Crippen LogP contribution < -0.4 is 14.8 Å². The highest BCUT2D eigenvalue weighted by Crippen LogP contribution is 2.40. The van der Waals surface area contributed by atoms with Gasteiger partial charge in [0.25, 0.3) is 5.91 Å². The number of aromatic nitrogens is 1. The quantitative estimate of drug-likeness (QED) is 0.595. The van der Waals surface area contributed by atoms with Crippen molar-refractivity contribution in [2.24, 2.45) is 0 Å². The second-order valence-electron chi connectivity index (χ2n) is 6.74. The molecule has 0 spiro atoms. The van der Waals surface area contributed by atoms with Crippen LogP contribution >= 0.6 is 0 Å². The highest BCUT2D eigenvalue weighted by atomic mass is 16.5. The first-order chi connectivity index (χ1) is 14.0. The van der Waals surface area contributed by atoms with Gasteiger partial charge in [-0.05, 0) is 56.2 Å². The number of rotatable bonds is 8. The molecule has 1 aliphatic rings. The van der Waals surface area contributed by atoms with Crippen LogP contribution in [0, 0.1) is 0 Å². The van der Waals surface area contributed by atoms with Crippen LogP contribution in [0.15, 0.2) is 40.8 Å². The zero-order valence-electron chi connectivity index (χ0n) is 15.8. The Hall–Kier alpha value is -3.55. The van der Waals surface area contributed by atoms with Gasteiger partial charge in [0.15, 0.2) is 29.6 Å². The Morgan fingerprint density at radius 1 is 1.17 bits per heavy atom. The minimum atomic E-state index is -1.10. The molecule has 0 aliphatic heterocycles. The van der Waals surface area contributed by atoms with Crippen LogP contribution in [0.2, 0.25) is 0 Å². The lowest BCUT2D eigenvalue weighted by atomic mass is 10.1. The van der Waals surface area contributed by atoms with Crippen molar-refractivity contribution in [1.82, 2.24) is 4.98 Å². The normalized spacial score (nSPS) is 13.3. The summed E-state index contributed by atoms with van der Waals surface area (Å²) in [7, 11) is 0. The summed E-state index contributed by atoms with van der Waals surface area (Å²) in [5.74, 6) is 0.314. The van der Waals surface area contributed by atoms with Crippen molar-refractivity contribution >= 4 is 28.7 Å². The monoisotopic (exact) mass is 396 g/mol. The molecule has 1 heterocycles. The molecule has 2 N–H and O–H groups in total. The molecule has 0 radical (unpaired) electrons. The van der Waals surface area contributed by atoms with Crippen LogP contribution in [0.25, 0.3) is 11.1 Å². The molecule has 150 valence electrons. The van der Waals surface area contributed by atoms with Crippen molar-refractivity contribution in [1.29, 1.82) is 0 Å². The molecule has 3 aromatic rings. The minimum absolute atomic E-state index is 0.266. The lowest BCUT2D eigenvalue weighted by Gasteiger charge is -2.12. The number of oxazole rings is 1. The van der Waals surface area contributed by atoms with E-state index >= 15 is 0 Å². The predicted molar refractivity (Wildman–Crippen MR) is 105 cm³/mol. The third kappa shape index (κ3) is 4.31. The Balaban J connectivity index is 1.51. The summed E-state index contributed by atoms with van der Waals surface area (Å²) in [4.78, 5) is 27.9. The molecule has 1 saturated carbocycles. The first kappa shape index (κ1) is 18.8. The maximum absolute atomic E-state index is 12.7. The molecular weight excluding hydrogens is 376 g/mol. The number of ether oxygens (including phenoxy) is 2. The maximum Gasteiger partial charge on any atom is 0.341 e. The summed E-state index contributed by atoms with van der Waals surface area (Å²) >= 11 is 0. The van der Waals surface area contributed by atoms with Crippen molar-refractivity contribution < 1.29 is 28.6 Å². The van der Waals surface area contributed by atoms with E-state index in [1.54, 1.807) is 31.2 Å². The number of benzene rings is 2. The molecule has 1 amide bonds. The Labute approximate surface area is 166 Å². The summed E-state index contributed by atoms with van der Waals surface area (Å²) in [6.07, 6.45) is 2.20. The Morgan fingerprint density at radius 3 is 2.72 bits per heavy atom. The molecule has 1 fully saturated rings. The lowest BCUT2D eigenvalue weighted by molar-refractivity contribution is -0.139. The third-order valence-corrected chi connectivity index (χ3v) is 4.45. The van der Waals surface area contributed by atoms with Gasteiger partial charge in [0, 0.05) is 17.2 Å². The van der Waals surface area contributed by atoms with Crippen molar-refractivity contribution in [3.05, 3.63) is 47.9 Å². The second-order valence-corrected chi connectivity index (χ2v) is 6.74. The molecule has 1 aromatic heterocycles. The van der Waals surface area contributed by atoms with Gasteiger partial charge in [-0.15, -0.1) is 0 Å². The lowest BCUT2D eigenvalue weighted by Crippen LogP contribution is -2.13. The Bertz CT molecular complexity index is 1070. The number of carboxylic acids is 1. The van der Waals surface area contributed by atoms with Gasteiger partial charge in [-0.1, -0.05) is 0 Å². The molecule has 0 atom stereocenters. The molecule has 0 saturated heterocycles. The fourth-order valence-electron chi connectivity index (χ4n) is 2.91.